The lowest BCUT2D eigenvalue weighted by molar-refractivity contribution is 0.0484. The lowest BCUT2D eigenvalue weighted by Gasteiger charge is -2.32. The molecule has 1 saturated heterocycles. The van der Waals surface area contributed by atoms with E-state index < -0.39 is 0 Å². The summed E-state index contributed by atoms with van der Waals surface area (Å²) in [5.41, 5.74) is 7.86. The average Bonchev–Trinajstić information content (AvgIpc) is 2.69. The van der Waals surface area contributed by atoms with E-state index in [9.17, 15) is 0 Å². The van der Waals surface area contributed by atoms with Crippen molar-refractivity contribution in [1.82, 2.24) is 14.5 Å². The summed E-state index contributed by atoms with van der Waals surface area (Å²) in [6.07, 6.45) is 3.38. The number of rotatable bonds is 1. The second kappa shape index (κ2) is 3.78. The highest BCUT2D eigenvalue weighted by Crippen LogP contribution is 2.29. The normalized spacial score (nSPS) is 19.6. The third-order valence-corrected chi connectivity index (χ3v) is 3.49. The minimum absolute atomic E-state index is 0.381. The molecule has 1 aliphatic heterocycles. The van der Waals surface area contributed by atoms with Gasteiger partial charge in [-0.25, -0.2) is 9.97 Å². The molecule has 0 unspecified atom stereocenters. The topological polar surface area (TPSA) is 66.0 Å². The maximum absolute atomic E-state index is 6.45. The predicted octanol–water partition coefficient (Wildman–Crippen LogP) is 0.933. The smallest absolute Gasteiger partial charge is 0.177 e. The minimum Gasteiger partial charge on any atom is -0.381 e. The Kier molecular flexibility index (Phi) is 2.38. The number of fused-ring (bicyclic) bond motifs is 1. The van der Waals surface area contributed by atoms with Crippen LogP contribution in [0.4, 0.5) is 0 Å². The Morgan fingerprint density at radius 2 is 2.18 bits per heavy atom. The number of pyridine rings is 1. The van der Waals surface area contributed by atoms with E-state index in [1.54, 1.807) is 6.20 Å². The van der Waals surface area contributed by atoms with Gasteiger partial charge in [-0.3, -0.25) is 0 Å². The quantitative estimate of drug-likeness (QED) is 0.794. The summed E-state index contributed by atoms with van der Waals surface area (Å²) in [7, 11) is 2.00. The summed E-state index contributed by atoms with van der Waals surface area (Å²) in [6.45, 7) is 1.40. The van der Waals surface area contributed by atoms with Crippen LogP contribution < -0.4 is 5.73 Å². The highest BCUT2D eigenvalue weighted by atomic mass is 16.5. The van der Waals surface area contributed by atoms with Gasteiger partial charge in [0, 0.05) is 26.5 Å². The summed E-state index contributed by atoms with van der Waals surface area (Å²) in [5.74, 6) is 0.912. The lowest BCUT2D eigenvalue weighted by Crippen LogP contribution is -2.44. The van der Waals surface area contributed by atoms with Crippen molar-refractivity contribution in [3.63, 3.8) is 0 Å². The first-order chi connectivity index (χ1) is 8.21. The van der Waals surface area contributed by atoms with Crippen molar-refractivity contribution in [2.45, 2.75) is 18.4 Å². The van der Waals surface area contributed by atoms with Gasteiger partial charge in [0.15, 0.2) is 5.65 Å². The SMILES string of the molecule is Cn1c(C2(N)CCOCC2)nc2ncccc21. The van der Waals surface area contributed by atoms with Crippen LogP contribution in [-0.2, 0) is 17.3 Å². The number of ether oxygens (including phenoxy) is 1. The highest BCUT2D eigenvalue weighted by molar-refractivity contribution is 5.71. The molecule has 2 aromatic rings. The Balaban J connectivity index is 2.13. The predicted molar refractivity (Wildman–Crippen MR) is 64.4 cm³/mol. The van der Waals surface area contributed by atoms with E-state index in [4.69, 9.17) is 10.5 Å². The van der Waals surface area contributed by atoms with Crippen molar-refractivity contribution in [3.05, 3.63) is 24.2 Å². The van der Waals surface area contributed by atoms with Gasteiger partial charge in [0.2, 0.25) is 0 Å². The van der Waals surface area contributed by atoms with E-state index in [2.05, 4.69) is 9.97 Å². The van der Waals surface area contributed by atoms with Gasteiger partial charge in [-0.2, -0.15) is 0 Å². The van der Waals surface area contributed by atoms with Crippen molar-refractivity contribution < 1.29 is 4.74 Å². The van der Waals surface area contributed by atoms with Crippen LogP contribution in [0.3, 0.4) is 0 Å². The number of hydrogen-bond acceptors (Lipinski definition) is 4. The van der Waals surface area contributed by atoms with Crippen molar-refractivity contribution in [2.24, 2.45) is 12.8 Å². The van der Waals surface area contributed by atoms with Crippen LogP contribution in [-0.4, -0.2) is 27.7 Å². The van der Waals surface area contributed by atoms with Crippen LogP contribution in [0.5, 0.6) is 0 Å². The van der Waals surface area contributed by atoms with Gasteiger partial charge in [0.05, 0.1) is 11.1 Å². The molecule has 0 amide bonds. The highest BCUT2D eigenvalue weighted by Gasteiger charge is 2.34. The Morgan fingerprint density at radius 1 is 1.41 bits per heavy atom. The first-order valence-corrected chi connectivity index (χ1v) is 5.85. The van der Waals surface area contributed by atoms with Crippen LogP contribution in [0.25, 0.3) is 11.2 Å². The zero-order valence-corrected chi connectivity index (χ0v) is 9.89. The minimum atomic E-state index is -0.381. The molecule has 5 nitrogen and oxygen atoms in total. The monoisotopic (exact) mass is 232 g/mol. The number of aryl methyl sites for hydroxylation is 1. The molecule has 0 radical (unpaired) electrons. The lowest BCUT2D eigenvalue weighted by atomic mass is 9.90. The number of nitrogens with two attached hydrogens (primary N) is 1. The standard InChI is InChI=1S/C12H16N4O/c1-16-9-3-2-6-14-10(9)15-11(16)12(13)4-7-17-8-5-12/h2-3,6H,4-5,7-8,13H2,1H3. The third kappa shape index (κ3) is 1.62. The van der Waals surface area contributed by atoms with Gasteiger partial charge in [0.25, 0.3) is 0 Å². The molecule has 2 N–H and O–H groups in total. The Morgan fingerprint density at radius 3 is 2.88 bits per heavy atom. The van der Waals surface area contributed by atoms with Crippen LogP contribution in [0.1, 0.15) is 18.7 Å². The molecule has 0 atom stereocenters. The van der Waals surface area contributed by atoms with Gasteiger partial charge in [-0.1, -0.05) is 0 Å². The zero-order valence-electron chi connectivity index (χ0n) is 9.89. The average molecular weight is 232 g/mol. The summed E-state index contributed by atoms with van der Waals surface area (Å²) in [5, 5.41) is 0. The molecule has 3 heterocycles. The molecule has 0 saturated carbocycles. The molecule has 0 aliphatic carbocycles. The van der Waals surface area contributed by atoms with E-state index in [1.807, 2.05) is 23.7 Å². The van der Waals surface area contributed by atoms with E-state index in [0.29, 0.717) is 13.2 Å². The molecule has 90 valence electrons. The van der Waals surface area contributed by atoms with Gasteiger partial charge in [0.1, 0.15) is 5.82 Å². The molecule has 17 heavy (non-hydrogen) atoms. The van der Waals surface area contributed by atoms with Crippen LogP contribution >= 0.6 is 0 Å². The summed E-state index contributed by atoms with van der Waals surface area (Å²) in [4.78, 5) is 8.85. The number of aromatic nitrogens is 3. The molecule has 5 heteroatoms. The van der Waals surface area contributed by atoms with Gasteiger partial charge in [-0.15, -0.1) is 0 Å². The summed E-state index contributed by atoms with van der Waals surface area (Å²) < 4.78 is 7.42. The molecule has 0 aromatic carbocycles. The van der Waals surface area contributed by atoms with Gasteiger partial charge >= 0.3 is 0 Å². The van der Waals surface area contributed by atoms with E-state index in [0.717, 1.165) is 29.8 Å². The van der Waals surface area contributed by atoms with Crippen molar-refractivity contribution in [3.8, 4) is 0 Å². The third-order valence-electron chi connectivity index (χ3n) is 3.49. The van der Waals surface area contributed by atoms with E-state index in [1.165, 1.54) is 0 Å². The molecule has 3 rings (SSSR count). The number of imidazole rings is 1. The maximum atomic E-state index is 6.45. The maximum Gasteiger partial charge on any atom is 0.177 e. The Labute approximate surface area is 99.6 Å². The van der Waals surface area contributed by atoms with E-state index >= 15 is 0 Å². The van der Waals surface area contributed by atoms with Crippen molar-refractivity contribution >= 4 is 11.2 Å². The van der Waals surface area contributed by atoms with Crippen molar-refractivity contribution in [1.29, 1.82) is 0 Å². The second-order valence-corrected chi connectivity index (χ2v) is 4.61. The molecule has 1 fully saturated rings. The summed E-state index contributed by atoms with van der Waals surface area (Å²) in [6, 6.07) is 3.93. The molecule has 0 bridgehead atoms. The molecule has 1 aliphatic rings. The Hall–Kier alpha value is -1.46. The zero-order chi connectivity index (χ0) is 11.9. The first-order valence-electron chi connectivity index (χ1n) is 5.85. The van der Waals surface area contributed by atoms with Crippen LogP contribution in [0.2, 0.25) is 0 Å². The van der Waals surface area contributed by atoms with Gasteiger partial charge < -0.3 is 15.0 Å². The molecule has 2 aromatic heterocycles. The molecular weight excluding hydrogens is 216 g/mol. The fraction of sp³-hybridized carbons (Fsp3) is 0.500. The largest absolute Gasteiger partial charge is 0.381 e. The Bertz CT molecular complexity index is 542. The fourth-order valence-corrected chi connectivity index (χ4v) is 2.43. The van der Waals surface area contributed by atoms with Crippen LogP contribution in [0, 0.1) is 0 Å². The fourth-order valence-electron chi connectivity index (χ4n) is 2.43. The molecule has 0 spiro atoms. The number of nitrogens with zero attached hydrogens (tertiary/aromatic N) is 3. The molecular formula is C12H16N4O. The second-order valence-electron chi connectivity index (χ2n) is 4.61. The van der Waals surface area contributed by atoms with Gasteiger partial charge in [-0.05, 0) is 25.0 Å². The van der Waals surface area contributed by atoms with Crippen LogP contribution in [0.15, 0.2) is 18.3 Å². The van der Waals surface area contributed by atoms with E-state index in [-0.39, 0.29) is 5.54 Å². The number of hydrogen-bond donors (Lipinski definition) is 1. The van der Waals surface area contributed by atoms with Crippen molar-refractivity contribution in [2.75, 3.05) is 13.2 Å². The first kappa shape index (κ1) is 10.7. The summed E-state index contributed by atoms with van der Waals surface area (Å²) >= 11 is 0.